The normalized spacial score (nSPS) is 54.2. The van der Waals surface area contributed by atoms with Crippen molar-refractivity contribution in [2.24, 2.45) is 17.8 Å². The van der Waals surface area contributed by atoms with Crippen LogP contribution in [0.1, 0.15) is 131 Å². The van der Waals surface area contributed by atoms with Crippen molar-refractivity contribution in [3.8, 4) is 0 Å². The van der Waals surface area contributed by atoms with E-state index in [9.17, 15) is 34.8 Å². The molecule has 16 heteroatoms. The molecule has 2 spiro atoms. The van der Waals surface area contributed by atoms with Crippen LogP contribution in [0.15, 0.2) is 23.8 Å². The zero-order valence-corrected chi connectivity index (χ0v) is 37.5. The molecule has 9 heterocycles. The monoisotopic (exact) mass is 888 g/mol. The van der Waals surface area contributed by atoms with Crippen molar-refractivity contribution in [1.29, 1.82) is 0 Å². The fourth-order valence-corrected chi connectivity index (χ4v) is 12.5. The van der Waals surface area contributed by atoms with Crippen LogP contribution >= 0.6 is 0 Å². The number of rotatable bonds is 2. The summed E-state index contributed by atoms with van der Waals surface area (Å²) in [6.45, 7) is 11.6. The minimum Gasteiger partial charge on any atom is -0.479 e. The third-order valence-corrected chi connectivity index (χ3v) is 16.0. The average Bonchev–Trinajstić information content (AvgIpc) is 4.06. The van der Waals surface area contributed by atoms with Crippen LogP contribution in [0.4, 0.5) is 0 Å². The number of carbonyl (C=O) groups is 3. The highest BCUT2D eigenvalue weighted by atomic mass is 16.8. The molecule has 0 amide bonds. The van der Waals surface area contributed by atoms with Crippen LogP contribution < -0.4 is 0 Å². The summed E-state index contributed by atoms with van der Waals surface area (Å²) < 4.78 is 58.2. The summed E-state index contributed by atoms with van der Waals surface area (Å²) in [5.41, 5.74) is -2.63. The van der Waals surface area contributed by atoms with Crippen LogP contribution in [0.5, 0.6) is 0 Å². The second-order valence-electron chi connectivity index (χ2n) is 21.1. The lowest BCUT2D eigenvalue weighted by atomic mass is 9.87. The van der Waals surface area contributed by atoms with Gasteiger partial charge >= 0.3 is 11.9 Å². The highest BCUT2D eigenvalue weighted by molar-refractivity contribution is 5.87. The molecule has 8 fully saturated rings. The summed E-state index contributed by atoms with van der Waals surface area (Å²) >= 11 is 0. The molecule has 0 unspecified atom stereocenters. The number of Topliss-reactive ketones (excluding diaryl/α,β-unsaturated/α-hetero) is 1. The van der Waals surface area contributed by atoms with Crippen LogP contribution in [0.2, 0.25) is 0 Å². The van der Waals surface area contributed by atoms with Gasteiger partial charge in [-0.25, -0.2) is 4.79 Å². The van der Waals surface area contributed by atoms with Crippen molar-refractivity contribution in [1.82, 2.24) is 0 Å². The smallest absolute Gasteiger partial charge is 0.336 e. The Kier molecular flexibility index (Phi) is 12.0. The third-order valence-electron chi connectivity index (χ3n) is 16.0. The molecule has 0 aromatic heterocycles. The van der Waals surface area contributed by atoms with E-state index in [4.69, 9.17) is 42.6 Å². The summed E-state index contributed by atoms with van der Waals surface area (Å²) in [7, 11) is 0. The summed E-state index contributed by atoms with van der Waals surface area (Å²) in [6.07, 6.45) is 2.32. The first-order valence-electron chi connectivity index (χ1n) is 23.5. The SMILES string of the molecule is CC1=C/[C@@H](C)C[C@]2(C)CC[C@H](O2)[C@]23CC[C@](C(=O)O)(C[C@H](O2)[C@@H]2O[C@@](C)(CC2=O)[C@H](O)[C@H]2CC[C@@]4(CCC[C@@H](O4)[C@H](C)C(=O)O[C@H]4C[C@H]([C@]5(O)OCC[C@H](C)[C@@H]5O)O[C@H]4/C=C\1)O2)O3. The molecule has 4 N–H and O–H groups in total. The number of hydrogen-bond donors (Lipinski definition) is 4. The van der Waals surface area contributed by atoms with Gasteiger partial charge in [0.2, 0.25) is 5.79 Å². The standard InChI is InChI=1S/C47H68O16/c1-25-9-10-31-33(21-36(56-31)47(54)38(49)27(3)13-19-55-47)57-40(51)28(4)30-8-7-14-45(58-30)16-11-32(59-45)39(50)43(6)23-29(48)37(62-43)34-24-44(41(52)53)17-18-46(60-34,63-44)35-12-15-42(5,61-35)22-26(2)20-25/h9-10,20,26-28,30-39,49-50,54H,7-8,11-19,21-24H2,1-6H3,(H,52,53)/b10-9-,25-20-/t26-,27+,28+,30-,31+,32-,33+,34+,35+,36-,37-,38+,39-,42+,43+,44-,45-,46-,47+/m1/s1. The number of ketones is 1. The van der Waals surface area contributed by atoms with E-state index >= 15 is 0 Å². The van der Waals surface area contributed by atoms with Crippen molar-refractivity contribution in [3.63, 3.8) is 0 Å². The Bertz CT molecular complexity index is 1860. The van der Waals surface area contributed by atoms with Gasteiger partial charge in [-0.2, -0.15) is 0 Å². The van der Waals surface area contributed by atoms with Crippen LogP contribution in [0.3, 0.4) is 0 Å². The molecule has 0 aliphatic carbocycles. The van der Waals surface area contributed by atoms with Gasteiger partial charge in [0.05, 0.1) is 36.4 Å². The number of aliphatic hydroxyl groups is 3. The maximum atomic E-state index is 14.1. The number of aliphatic carboxylic acids is 1. The molecule has 0 aromatic carbocycles. The zero-order valence-electron chi connectivity index (χ0n) is 37.5. The first-order chi connectivity index (χ1) is 29.7. The summed E-state index contributed by atoms with van der Waals surface area (Å²) in [5.74, 6) is -7.29. The Morgan fingerprint density at radius 2 is 1.59 bits per heavy atom. The molecule has 16 nitrogen and oxygen atoms in total. The van der Waals surface area contributed by atoms with Crippen molar-refractivity contribution in [3.05, 3.63) is 23.8 Å². The largest absolute Gasteiger partial charge is 0.479 e. The Labute approximate surface area is 369 Å². The minimum atomic E-state index is -1.99. The van der Waals surface area contributed by atoms with Crippen LogP contribution in [0.25, 0.3) is 0 Å². The number of hydrogen-bond acceptors (Lipinski definition) is 15. The van der Waals surface area contributed by atoms with Crippen LogP contribution in [-0.2, 0) is 57.0 Å². The summed E-state index contributed by atoms with van der Waals surface area (Å²) in [6, 6.07) is 0. The van der Waals surface area contributed by atoms with Gasteiger partial charge in [0, 0.05) is 38.5 Å². The maximum Gasteiger partial charge on any atom is 0.336 e. The van der Waals surface area contributed by atoms with E-state index in [0.29, 0.717) is 57.8 Å². The average molecular weight is 889 g/mol. The van der Waals surface area contributed by atoms with Gasteiger partial charge in [-0.05, 0) is 90.9 Å². The molecule has 0 radical (unpaired) electrons. The predicted octanol–water partition coefficient (Wildman–Crippen LogP) is 4.32. The maximum absolute atomic E-state index is 14.1. The van der Waals surface area contributed by atoms with Gasteiger partial charge in [-0.15, -0.1) is 0 Å². The van der Waals surface area contributed by atoms with E-state index in [-0.39, 0.29) is 56.3 Å². The van der Waals surface area contributed by atoms with E-state index in [0.717, 1.165) is 5.57 Å². The van der Waals surface area contributed by atoms with E-state index in [1.54, 1.807) is 13.8 Å². The van der Waals surface area contributed by atoms with Crippen molar-refractivity contribution >= 4 is 17.7 Å². The number of carboxylic acids is 1. The second kappa shape index (κ2) is 16.5. The fraction of sp³-hybridized carbons (Fsp3) is 0.851. The molecule has 8 saturated heterocycles. The predicted molar refractivity (Wildman–Crippen MR) is 220 cm³/mol. The zero-order chi connectivity index (χ0) is 44.9. The lowest BCUT2D eigenvalue weighted by Gasteiger charge is -2.46. The lowest BCUT2D eigenvalue weighted by molar-refractivity contribution is -0.358. The van der Waals surface area contributed by atoms with E-state index in [2.05, 4.69) is 13.0 Å². The van der Waals surface area contributed by atoms with Gasteiger partial charge in [0.15, 0.2) is 23.0 Å². The number of aliphatic hydroxyl groups excluding tert-OH is 2. The molecular weight excluding hydrogens is 821 g/mol. The Hall–Kier alpha value is -2.35. The number of fused-ring (bicyclic) bond motifs is 10. The van der Waals surface area contributed by atoms with Gasteiger partial charge < -0.3 is 63.1 Å². The molecule has 0 saturated carbocycles. The third kappa shape index (κ3) is 8.18. The second-order valence-corrected chi connectivity index (χ2v) is 21.1. The highest BCUT2D eigenvalue weighted by Crippen LogP contribution is 2.55. The van der Waals surface area contributed by atoms with Crippen molar-refractivity contribution in [2.45, 2.75) is 227 Å². The van der Waals surface area contributed by atoms with Crippen molar-refractivity contribution in [2.75, 3.05) is 6.61 Å². The van der Waals surface area contributed by atoms with Gasteiger partial charge in [-0.3, -0.25) is 9.59 Å². The van der Waals surface area contributed by atoms with E-state index < -0.39 is 113 Å². The quantitative estimate of drug-likeness (QED) is 0.284. The minimum absolute atomic E-state index is 0.0310. The van der Waals surface area contributed by atoms with Gasteiger partial charge in [0.1, 0.15) is 48.3 Å². The number of ether oxygens (including phenoxy) is 9. The van der Waals surface area contributed by atoms with Crippen LogP contribution in [-0.4, -0.2) is 140 Å². The molecule has 9 rings (SSSR count). The Balaban J connectivity index is 1.01. The topological polar surface area (TPSA) is 215 Å². The number of carbonyl (C=O) groups excluding carboxylic acids is 2. The number of esters is 1. The molecular formula is C47H68O16. The summed E-state index contributed by atoms with van der Waals surface area (Å²) in [4.78, 5) is 40.9. The van der Waals surface area contributed by atoms with Gasteiger partial charge in [0.25, 0.3) is 0 Å². The number of allylic oxidation sites excluding steroid dienone is 3. The number of carboxylic acid groups (broad SMARTS) is 1. The molecule has 63 heavy (non-hydrogen) atoms. The molecule has 10 bridgehead atoms. The summed E-state index contributed by atoms with van der Waals surface area (Å²) in [5, 5.41) is 45.4. The molecule has 0 aromatic rings. The fourth-order valence-electron chi connectivity index (χ4n) is 12.5. The van der Waals surface area contributed by atoms with Crippen molar-refractivity contribution < 1.29 is 77.4 Å². The highest BCUT2D eigenvalue weighted by Gasteiger charge is 2.68. The Morgan fingerprint density at radius 1 is 0.810 bits per heavy atom. The molecule has 352 valence electrons. The van der Waals surface area contributed by atoms with Gasteiger partial charge in [-0.1, -0.05) is 37.6 Å². The lowest BCUT2D eigenvalue weighted by Crippen LogP contribution is -2.60. The van der Waals surface area contributed by atoms with Crippen LogP contribution in [0, 0.1) is 17.8 Å². The van der Waals surface area contributed by atoms with E-state index in [1.165, 1.54) is 0 Å². The van der Waals surface area contributed by atoms with E-state index in [1.807, 2.05) is 32.9 Å². The molecule has 9 aliphatic rings. The first-order valence-corrected chi connectivity index (χ1v) is 23.5. The molecule has 19 atom stereocenters. The first kappa shape index (κ1) is 45.8. The Morgan fingerprint density at radius 3 is 2.37 bits per heavy atom. The molecule has 9 aliphatic heterocycles.